The molecule has 1 atom stereocenters. The van der Waals surface area contributed by atoms with E-state index < -0.39 is 5.97 Å². The van der Waals surface area contributed by atoms with E-state index in [-0.39, 0.29) is 6.42 Å². The zero-order valence-corrected chi connectivity index (χ0v) is 19.2. The summed E-state index contributed by atoms with van der Waals surface area (Å²) in [6, 6.07) is 4.69. The highest BCUT2D eigenvalue weighted by Gasteiger charge is 2.35. The number of thiophene rings is 1. The van der Waals surface area contributed by atoms with Crippen LogP contribution in [0.15, 0.2) is 17.1 Å². The molecule has 0 amide bonds. The Morgan fingerprint density at radius 3 is 2.54 bits per heavy atom. The van der Waals surface area contributed by atoms with Gasteiger partial charge < -0.3 is 10.0 Å². The van der Waals surface area contributed by atoms with Gasteiger partial charge in [0.2, 0.25) is 0 Å². The topological polar surface area (TPSA) is 52.9 Å². The van der Waals surface area contributed by atoms with Gasteiger partial charge in [-0.25, -0.2) is 0 Å². The fourth-order valence-corrected chi connectivity index (χ4v) is 6.51. The number of aliphatic imine (C=N–C) groups is 1. The highest BCUT2D eigenvalue weighted by Crippen LogP contribution is 2.42. The summed E-state index contributed by atoms with van der Waals surface area (Å²) in [6.45, 7) is 10.5. The number of aryl methyl sites for hydroxylation is 1. The minimum Gasteiger partial charge on any atom is -0.481 e. The van der Waals surface area contributed by atoms with Crippen LogP contribution in [0.5, 0.6) is 0 Å². The van der Waals surface area contributed by atoms with Crippen LogP contribution in [0.2, 0.25) is 0 Å². The van der Waals surface area contributed by atoms with Crippen LogP contribution in [0.1, 0.15) is 62.6 Å². The second kappa shape index (κ2) is 9.21. The maximum Gasteiger partial charge on any atom is 0.305 e. The Labute approximate surface area is 177 Å². The first kappa shape index (κ1) is 21.7. The van der Waals surface area contributed by atoms with Gasteiger partial charge in [-0.3, -0.25) is 9.79 Å². The van der Waals surface area contributed by atoms with Gasteiger partial charge in [0.25, 0.3) is 0 Å². The third kappa shape index (κ3) is 5.76. The van der Waals surface area contributed by atoms with Crippen LogP contribution in [0.3, 0.4) is 0 Å². The van der Waals surface area contributed by atoms with Crippen LogP contribution in [0.25, 0.3) is 0 Å². The number of aliphatic carboxylic acids is 1. The third-order valence-corrected chi connectivity index (χ3v) is 8.32. The minimum atomic E-state index is -0.743. The predicted molar refractivity (Wildman–Crippen MR) is 120 cm³/mol. The largest absolute Gasteiger partial charge is 0.481 e. The molecule has 1 saturated carbocycles. The van der Waals surface area contributed by atoms with Gasteiger partial charge in [-0.2, -0.15) is 0 Å². The van der Waals surface area contributed by atoms with E-state index in [1.807, 2.05) is 11.8 Å². The molecular weight excluding hydrogens is 388 g/mol. The normalized spacial score (nSPS) is 25.6. The molecule has 1 aromatic heterocycles. The quantitative estimate of drug-likeness (QED) is 0.643. The summed E-state index contributed by atoms with van der Waals surface area (Å²) >= 11 is 3.61. The van der Waals surface area contributed by atoms with Crippen LogP contribution in [0.4, 0.5) is 0 Å². The van der Waals surface area contributed by atoms with Crippen LogP contribution >= 0.6 is 23.1 Å². The van der Waals surface area contributed by atoms with Gasteiger partial charge in [-0.1, -0.05) is 32.5 Å². The molecule has 1 N–H and O–H groups in total. The maximum atomic E-state index is 11.1. The van der Waals surface area contributed by atoms with Crippen molar-refractivity contribution in [3.8, 4) is 0 Å². The van der Waals surface area contributed by atoms with Gasteiger partial charge in [-0.15, -0.1) is 11.3 Å². The number of carbonyl (C=O) groups is 1. The van der Waals surface area contributed by atoms with E-state index in [1.54, 1.807) is 11.3 Å². The zero-order chi connectivity index (χ0) is 20.3. The molecular formula is C22H34N2O2S2. The van der Waals surface area contributed by atoms with E-state index in [0.717, 1.165) is 23.4 Å². The van der Waals surface area contributed by atoms with Crippen molar-refractivity contribution in [2.75, 3.05) is 12.3 Å². The molecule has 2 heterocycles. The van der Waals surface area contributed by atoms with E-state index in [0.29, 0.717) is 23.9 Å². The first-order chi connectivity index (χ1) is 13.2. The average molecular weight is 423 g/mol. The highest BCUT2D eigenvalue weighted by atomic mass is 32.2. The molecule has 0 bridgehead atoms. The molecule has 1 unspecified atom stereocenters. The summed E-state index contributed by atoms with van der Waals surface area (Å²) in [5.74, 6) is 1.82. The molecule has 1 aliphatic heterocycles. The molecule has 2 aliphatic rings. The Morgan fingerprint density at radius 1 is 1.25 bits per heavy atom. The third-order valence-electron chi connectivity index (χ3n) is 6.21. The monoisotopic (exact) mass is 422 g/mol. The molecule has 0 radical (unpaired) electrons. The summed E-state index contributed by atoms with van der Waals surface area (Å²) in [4.78, 5) is 21.0. The number of hydrogen-bond donors (Lipinski definition) is 1. The zero-order valence-electron chi connectivity index (χ0n) is 17.6. The second-order valence-electron chi connectivity index (χ2n) is 9.35. The number of carboxylic acid groups (broad SMARTS) is 1. The van der Waals surface area contributed by atoms with E-state index in [4.69, 9.17) is 10.1 Å². The summed E-state index contributed by atoms with van der Waals surface area (Å²) < 4.78 is 0. The first-order valence-corrected chi connectivity index (χ1v) is 12.2. The number of thioether (sulfide) groups is 1. The molecule has 1 aromatic rings. The van der Waals surface area contributed by atoms with E-state index >= 15 is 0 Å². The summed E-state index contributed by atoms with van der Waals surface area (Å²) in [5, 5.41) is 10.2. The molecule has 4 nitrogen and oxygen atoms in total. The van der Waals surface area contributed by atoms with Crippen LogP contribution < -0.4 is 0 Å². The Balaban J connectivity index is 1.63. The Bertz CT molecular complexity index is 700. The smallest absolute Gasteiger partial charge is 0.305 e. The number of rotatable bonds is 6. The Morgan fingerprint density at radius 2 is 1.96 bits per heavy atom. The average Bonchev–Trinajstić information content (AvgIpc) is 3.27. The molecule has 3 rings (SSSR count). The van der Waals surface area contributed by atoms with Crippen molar-refractivity contribution in [1.82, 2.24) is 4.90 Å². The SMILES string of the molecule is Cc1ccc(CN(CCC(=O)O)C2=NC([C@H]3CC[C@H](C(C)(C)C)CC3)CS2)s1. The fourth-order valence-electron chi connectivity index (χ4n) is 4.39. The van der Waals surface area contributed by atoms with Crippen molar-refractivity contribution in [3.05, 3.63) is 21.9 Å². The molecule has 156 valence electrons. The number of hydrogen-bond acceptors (Lipinski definition) is 5. The predicted octanol–water partition coefficient (Wildman–Crippen LogP) is 5.66. The lowest BCUT2D eigenvalue weighted by Gasteiger charge is -2.38. The number of nitrogens with zero attached hydrogens (tertiary/aromatic N) is 2. The lowest BCUT2D eigenvalue weighted by Crippen LogP contribution is -2.31. The number of carboxylic acids is 1. The summed E-state index contributed by atoms with van der Waals surface area (Å²) in [6.07, 6.45) is 5.35. The van der Waals surface area contributed by atoms with Crippen LogP contribution in [-0.2, 0) is 11.3 Å². The molecule has 1 aliphatic carbocycles. The summed E-state index contributed by atoms with van der Waals surface area (Å²) in [5.41, 5.74) is 0.413. The second-order valence-corrected chi connectivity index (χ2v) is 11.7. The number of amidine groups is 1. The Kier molecular flexibility index (Phi) is 7.13. The lowest BCUT2D eigenvalue weighted by molar-refractivity contribution is -0.137. The molecule has 6 heteroatoms. The molecule has 0 aromatic carbocycles. The minimum absolute atomic E-state index is 0.158. The van der Waals surface area contributed by atoms with Crippen molar-refractivity contribution in [3.63, 3.8) is 0 Å². The standard InChI is InChI=1S/C22H34N2O2S2/c1-15-5-10-18(28-15)13-24(12-11-20(25)26)21-23-19(14-27-21)16-6-8-17(9-7-16)22(2,3)4/h5,10,16-17,19H,6-9,11-14H2,1-4H3,(H,25,26)/t16-,17-,19?. The molecule has 1 fully saturated rings. The van der Waals surface area contributed by atoms with Gasteiger partial charge in [0.1, 0.15) is 0 Å². The van der Waals surface area contributed by atoms with Gasteiger partial charge in [0.05, 0.1) is 19.0 Å². The highest BCUT2D eigenvalue weighted by molar-refractivity contribution is 8.14. The van der Waals surface area contributed by atoms with Crippen LogP contribution in [-0.4, -0.2) is 39.5 Å². The lowest BCUT2D eigenvalue weighted by atomic mass is 9.69. The van der Waals surface area contributed by atoms with Gasteiger partial charge in [0, 0.05) is 22.1 Å². The Hall–Kier alpha value is -1.01. The van der Waals surface area contributed by atoms with Crippen LogP contribution in [0, 0.1) is 24.2 Å². The summed E-state index contributed by atoms with van der Waals surface area (Å²) in [7, 11) is 0. The molecule has 0 saturated heterocycles. The van der Waals surface area contributed by atoms with Crippen molar-refractivity contribution in [1.29, 1.82) is 0 Å². The molecule has 0 spiro atoms. The van der Waals surface area contributed by atoms with E-state index in [9.17, 15) is 4.79 Å². The first-order valence-electron chi connectivity index (χ1n) is 10.4. The van der Waals surface area contributed by atoms with Gasteiger partial charge in [-0.05, 0) is 62.0 Å². The fraction of sp³-hybridized carbons (Fsp3) is 0.727. The van der Waals surface area contributed by atoms with Gasteiger partial charge >= 0.3 is 5.97 Å². The van der Waals surface area contributed by atoms with Crippen molar-refractivity contribution in [2.24, 2.45) is 22.2 Å². The van der Waals surface area contributed by atoms with E-state index in [2.05, 4.69) is 44.7 Å². The van der Waals surface area contributed by atoms with Crippen molar-refractivity contribution in [2.45, 2.75) is 72.4 Å². The van der Waals surface area contributed by atoms with Crippen molar-refractivity contribution < 1.29 is 9.90 Å². The van der Waals surface area contributed by atoms with Gasteiger partial charge in [0.15, 0.2) is 5.17 Å². The maximum absolute atomic E-state index is 11.1. The molecule has 28 heavy (non-hydrogen) atoms. The van der Waals surface area contributed by atoms with Crippen molar-refractivity contribution >= 4 is 34.2 Å². The van der Waals surface area contributed by atoms with E-state index in [1.165, 1.54) is 35.4 Å².